The number of rotatable bonds is 7. The maximum atomic E-state index is 12.8. The highest BCUT2D eigenvalue weighted by molar-refractivity contribution is 5.97. The number of carbonyl (C=O) groups is 1. The number of methoxy groups -OCH3 is 3. The van der Waals surface area contributed by atoms with E-state index in [4.69, 9.17) is 14.2 Å². The molecule has 0 radical (unpaired) electrons. The smallest absolute Gasteiger partial charge is 0.255 e. The standard InChI is InChI=1S/C24H28N4O4/c1-30-18-6-4-16(5-7-18)21-15-23(27-26-21)28-12-10-17(11-13-28)25-24(29)20-9-8-19(31-2)14-22(20)32-3/h4-9,14-15,17H,10-13H2,1-3H3,(H,25,29)(H,26,27). The fraction of sp³-hybridized carbons (Fsp3) is 0.333. The van der Waals surface area contributed by atoms with Crippen LogP contribution >= 0.6 is 0 Å². The molecule has 1 saturated heterocycles. The summed E-state index contributed by atoms with van der Waals surface area (Å²) in [6.45, 7) is 1.63. The molecule has 8 heteroatoms. The third kappa shape index (κ3) is 4.64. The second kappa shape index (κ2) is 9.64. The van der Waals surface area contributed by atoms with Crippen molar-refractivity contribution in [1.29, 1.82) is 0 Å². The Morgan fingerprint density at radius 3 is 2.31 bits per heavy atom. The zero-order valence-corrected chi connectivity index (χ0v) is 18.6. The molecule has 168 valence electrons. The van der Waals surface area contributed by atoms with Gasteiger partial charge in [0.05, 0.1) is 32.6 Å². The number of carbonyl (C=O) groups excluding carboxylic acids is 1. The van der Waals surface area contributed by atoms with E-state index in [0.29, 0.717) is 17.1 Å². The lowest BCUT2D eigenvalue weighted by atomic mass is 10.0. The van der Waals surface area contributed by atoms with Crippen molar-refractivity contribution < 1.29 is 19.0 Å². The van der Waals surface area contributed by atoms with Crippen LogP contribution < -0.4 is 24.4 Å². The predicted molar refractivity (Wildman–Crippen MR) is 123 cm³/mol. The molecule has 1 fully saturated rings. The first kappa shape index (κ1) is 21.5. The Hall–Kier alpha value is -3.68. The van der Waals surface area contributed by atoms with Crippen LogP contribution in [0.3, 0.4) is 0 Å². The first-order valence-electron chi connectivity index (χ1n) is 10.6. The van der Waals surface area contributed by atoms with Crippen molar-refractivity contribution in [3.8, 4) is 28.5 Å². The molecular weight excluding hydrogens is 408 g/mol. The Morgan fingerprint density at radius 1 is 0.969 bits per heavy atom. The van der Waals surface area contributed by atoms with E-state index < -0.39 is 0 Å². The number of anilines is 1. The van der Waals surface area contributed by atoms with Crippen LogP contribution in [0.25, 0.3) is 11.3 Å². The molecule has 1 amide bonds. The van der Waals surface area contributed by atoms with E-state index in [-0.39, 0.29) is 11.9 Å². The summed E-state index contributed by atoms with van der Waals surface area (Å²) in [5.74, 6) is 2.76. The zero-order valence-electron chi connectivity index (χ0n) is 18.6. The lowest BCUT2D eigenvalue weighted by Crippen LogP contribution is -2.44. The normalized spacial score (nSPS) is 14.2. The SMILES string of the molecule is COc1ccc(-c2cc(N3CCC(NC(=O)c4ccc(OC)cc4OC)CC3)n[nH]2)cc1. The van der Waals surface area contributed by atoms with Gasteiger partial charge >= 0.3 is 0 Å². The second-order valence-corrected chi connectivity index (χ2v) is 7.67. The van der Waals surface area contributed by atoms with Crippen LogP contribution in [-0.2, 0) is 0 Å². The summed E-state index contributed by atoms with van der Waals surface area (Å²) in [7, 11) is 4.79. The van der Waals surface area contributed by atoms with E-state index in [9.17, 15) is 4.79 Å². The minimum atomic E-state index is -0.135. The molecule has 0 bridgehead atoms. The van der Waals surface area contributed by atoms with Gasteiger partial charge in [0.2, 0.25) is 0 Å². The lowest BCUT2D eigenvalue weighted by molar-refractivity contribution is 0.0928. The summed E-state index contributed by atoms with van der Waals surface area (Å²) < 4.78 is 15.8. The molecule has 8 nitrogen and oxygen atoms in total. The van der Waals surface area contributed by atoms with Gasteiger partial charge in [-0.15, -0.1) is 0 Å². The van der Waals surface area contributed by atoms with Gasteiger partial charge < -0.3 is 24.4 Å². The highest BCUT2D eigenvalue weighted by atomic mass is 16.5. The summed E-state index contributed by atoms with van der Waals surface area (Å²) in [6.07, 6.45) is 1.68. The van der Waals surface area contributed by atoms with Crippen molar-refractivity contribution in [1.82, 2.24) is 15.5 Å². The number of H-pyrrole nitrogens is 1. The van der Waals surface area contributed by atoms with E-state index in [1.54, 1.807) is 39.5 Å². The maximum Gasteiger partial charge on any atom is 0.255 e. The fourth-order valence-corrected chi connectivity index (χ4v) is 3.89. The molecule has 2 aromatic carbocycles. The molecule has 0 atom stereocenters. The highest BCUT2D eigenvalue weighted by Gasteiger charge is 2.24. The van der Waals surface area contributed by atoms with Gasteiger partial charge in [-0.25, -0.2) is 0 Å². The number of amides is 1. The van der Waals surface area contributed by atoms with E-state index in [0.717, 1.165) is 48.8 Å². The average Bonchev–Trinajstić information content (AvgIpc) is 3.34. The van der Waals surface area contributed by atoms with Crippen molar-refractivity contribution in [3.63, 3.8) is 0 Å². The van der Waals surface area contributed by atoms with Gasteiger partial charge in [0, 0.05) is 31.3 Å². The predicted octanol–water partition coefficient (Wildman–Crippen LogP) is 3.50. The topological polar surface area (TPSA) is 88.7 Å². The molecule has 32 heavy (non-hydrogen) atoms. The number of benzene rings is 2. The first-order chi connectivity index (χ1) is 15.6. The van der Waals surface area contributed by atoms with Crippen LogP contribution in [0, 0.1) is 0 Å². The molecule has 1 aliphatic rings. The van der Waals surface area contributed by atoms with Gasteiger partial charge in [-0.1, -0.05) is 0 Å². The zero-order chi connectivity index (χ0) is 22.5. The number of hydrogen-bond acceptors (Lipinski definition) is 6. The molecule has 4 rings (SSSR count). The molecule has 3 aromatic rings. The Bertz CT molecular complexity index is 1060. The summed E-state index contributed by atoms with van der Waals surface area (Å²) in [6, 6.07) is 15.2. The van der Waals surface area contributed by atoms with Crippen LogP contribution in [0.5, 0.6) is 17.2 Å². The van der Waals surface area contributed by atoms with Gasteiger partial charge in [-0.3, -0.25) is 9.89 Å². The molecule has 1 aliphatic heterocycles. The van der Waals surface area contributed by atoms with Gasteiger partial charge in [-0.2, -0.15) is 5.10 Å². The molecule has 0 aliphatic carbocycles. The van der Waals surface area contributed by atoms with Crippen molar-refractivity contribution in [3.05, 3.63) is 54.1 Å². The second-order valence-electron chi connectivity index (χ2n) is 7.67. The lowest BCUT2D eigenvalue weighted by Gasteiger charge is -2.32. The van der Waals surface area contributed by atoms with Gasteiger partial charge in [0.1, 0.15) is 17.2 Å². The van der Waals surface area contributed by atoms with Gasteiger partial charge in [0.25, 0.3) is 5.91 Å². The minimum absolute atomic E-state index is 0.102. The van der Waals surface area contributed by atoms with E-state index in [2.05, 4.69) is 26.5 Å². The number of aromatic nitrogens is 2. The van der Waals surface area contributed by atoms with Crippen LogP contribution in [-0.4, -0.2) is 56.6 Å². The summed E-state index contributed by atoms with van der Waals surface area (Å²) in [5.41, 5.74) is 2.52. The maximum absolute atomic E-state index is 12.8. The van der Waals surface area contributed by atoms with Crippen molar-refractivity contribution in [2.24, 2.45) is 0 Å². The number of nitrogens with one attached hydrogen (secondary N) is 2. The number of hydrogen-bond donors (Lipinski definition) is 2. The first-order valence-corrected chi connectivity index (χ1v) is 10.6. The van der Waals surface area contributed by atoms with Crippen molar-refractivity contribution in [2.75, 3.05) is 39.3 Å². The van der Waals surface area contributed by atoms with Crippen molar-refractivity contribution >= 4 is 11.7 Å². The van der Waals surface area contributed by atoms with Crippen LogP contribution in [0.2, 0.25) is 0 Å². The molecule has 1 aromatic heterocycles. The largest absolute Gasteiger partial charge is 0.497 e. The summed E-state index contributed by atoms with van der Waals surface area (Å²) >= 11 is 0. The molecule has 0 unspecified atom stereocenters. The van der Waals surface area contributed by atoms with Crippen molar-refractivity contribution in [2.45, 2.75) is 18.9 Å². The third-order valence-electron chi connectivity index (χ3n) is 5.77. The van der Waals surface area contributed by atoms with Crippen LogP contribution in [0.15, 0.2) is 48.5 Å². The number of ether oxygens (including phenoxy) is 3. The molecule has 0 saturated carbocycles. The minimum Gasteiger partial charge on any atom is -0.497 e. The Kier molecular flexibility index (Phi) is 6.49. The van der Waals surface area contributed by atoms with Crippen LogP contribution in [0.1, 0.15) is 23.2 Å². The Morgan fingerprint density at radius 2 is 1.66 bits per heavy atom. The van der Waals surface area contributed by atoms with Crippen LogP contribution in [0.4, 0.5) is 5.82 Å². The highest BCUT2D eigenvalue weighted by Crippen LogP contribution is 2.27. The number of aromatic amines is 1. The fourth-order valence-electron chi connectivity index (χ4n) is 3.89. The molecular formula is C24H28N4O4. The van der Waals surface area contributed by atoms with Gasteiger partial charge in [-0.05, 0) is 54.8 Å². The quantitative estimate of drug-likeness (QED) is 0.589. The summed E-state index contributed by atoms with van der Waals surface area (Å²) in [4.78, 5) is 15.0. The monoisotopic (exact) mass is 436 g/mol. The molecule has 0 spiro atoms. The number of piperidine rings is 1. The average molecular weight is 437 g/mol. The Balaban J connectivity index is 1.34. The number of nitrogens with zero attached hydrogens (tertiary/aromatic N) is 2. The Labute approximate surface area is 187 Å². The van der Waals surface area contributed by atoms with E-state index in [1.165, 1.54) is 0 Å². The summed E-state index contributed by atoms with van der Waals surface area (Å²) in [5, 5.41) is 10.7. The molecule has 2 N–H and O–H groups in total. The van der Waals surface area contributed by atoms with E-state index in [1.807, 2.05) is 24.3 Å². The molecule has 2 heterocycles. The van der Waals surface area contributed by atoms with E-state index >= 15 is 0 Å². The van der Waals surface area contributed by atoms with Gasteiger partial charge in [0.15, 0.2) is 5.82 Å². The third-order valence-corrected chi connectivity index (χ3v) is 5.77.